The van der Waals surface area contributed by atoms with Crippen LogP contribution in [-0.2, 0) is 5.41 Å². The minimum atomic E-state index is -0.205. The van der Waals surface area contributed by atoms with E-state index in [1.165, 1.54) is 36.8 Å². The summed E-state index contributed by atoms with van der Waals surface area (Å²) >= 11 is 0. The summed E-state index contributed by atoms with van der Waals surface area (Å²) in [6.45, 7) is 13.5. The van der Waals surface area contributed by atoms with Crippen molar-refractivity contribution in [2.45, 2.75) is 110 Å². The van der Waals surface area contributed by atoms with Gasteiger partial charge in [-0.15, -0.1) is 0 Å². The number of aromatic hydroxyl groups is 1. The number of hydrogen-bond acceptors (Lipinski definition) is 2. The van der Waals surface area contributed by atoms with E-state index in [0.717, 1.165) is 37.0 Å². The van der Waals surface area contributed by atoms with Crippen LogP contribution in [0.4, 0.5) is 0 Å². The highest BCUT2D eigenvalue weighted by Gasteiger charge is 2.46. The Balaban J connectivity index is 1.93. The molecule has 0 amide bonds. The third-order valence-corrected chi connectivity index (χ3v) is 7.28. The number of fused-ring (bicyclic) bond motifs is 3. The fourth-order valence-corrected chi connectivity index (χ4v) is 5.28. The first-order chi connectivity index (χ1) is 13.2. The molecule has 1 aliphatic heterocycles. The summed E-state index contributed by atoms with van der Waals surface area (Å²) < 4.78 is 6.53. The van der Waals surface area contributed by atoms with Crippen molar-refractivity contribution in [2.75, 3.05) is 0 Å². The van der Waals surface area contributed by atoms with Gasteiger partial charge in [-0.05, 0) is 62.6 Å². The van der Waals surface area contributed by atoms with Crippen molar-refractivity contribution in [1.29, 1.82) is 0 Å². The van der Waals surface area contributed by atoms with Gasteiger partial charge in [-0.25, -0.2) is 0 Å². The average Bonchev–Trinajstić information content (AvgIpc) is 2.63. The van der Waals surface area contributed by atoms with Crippen LogP contribution in [0.15, 0.2) is 23.8 Å². The maximum absolute atomic E-state index is 11.1. The van der Waals surface area contributed by atoms with Crippen LogP contribution in [0.5, 0.6) is 11.5 Å². The van der Waals surface area contributed by atoms with Crippen molar-refractivity contribution < 1.29 is 9.84 Å². The predicted molar refractivity (Wildman–Crippen MR) is 118 cm³/mol. The van der Waals surface area contributed by atoms with Crippen LogP contribution >= 0.6 is 0 Å². The largest absolute Gasteiger partial charge is 0.508 e. The molecule has 0 spiro atoms. The molecule has 0 bridgehead atoms. The summed E-state index contributed by atoms with van der Waals surface area (Å²) in [5.74, 6) is 2.15. The molecule has 2 heteroatoms. The molecule has 1 heterocycles. The molecule has 1 aromatic carbocycles. The van der Waals surface area contributed by atoms with Gasteiger partial charge in [0.2, 0.25) is 0 Å². The van der Waals surface area contributed by atoms with Crippen molar-refractivity contribution >= 4 is 0 Å². The molecule has 0 saturated carbocycles. The first-order valence-electron chi connectivity index (χ1n) is 11.4. The number of ether oxygens (including phenoxy) is 1. The van der Waals surface area contributed by atoms with E-state index < -0.39 is 0 Å². The first-order valence-corrected chi connectivity index (χ1v) is 11.4. The highest BCUT2D eigenvalue weighted by Crippen LogP contribution is 2.55. The van der Waals surface area contributed by atoms with Crippen LogP contribution in [-0.4, -0.2) is 10.7 Å². The fraction of sp³-hybridized carbons (Fsp3) is 0.692. The SMILES string of the molecule is CCCCCCC(C)(C)c1cc(O)c2c(c1)OC(C)(C)[C@H]1CC=C(CC)C[C@H]21. The van der Waals surface area contributed by atoms with Gasteiger partial charge >= 0.3 is 0 Å². The van der Waals surface area contributed by atoms with Gasteiger partial charge < -0.3 is 9.84 Å². The zero-order chi connectivity index (χ0) is 20.5. The highest BCUT2D eigenvalue weighted by molar-refractivity contribution is 5.54. The second-order valence-electron chi connectivity index (χ2n) is 10.2. The van der Waals surface area contributed by atoms with Crippen molar-refractivity contribution in [1.82, 2.24) is 0 Å². The molecule has 3 rings (SSSR count). The minimum Gasteiger partial charge on any atom is -0.508 e. The third-order valence-electron chi connectivity index (χ3n) is 7.28. The Hall–Kier alpha value is -1.44. The second kappa shape index (κ2) is 8.13. The van der Waals surface area contributed by atoms with Gasteiger partial charge in [0.1, 0.15) is 17.1 Å². The Bertz CT molecular complexity index is 726. The smallest absolute Gasteiger partial charge is 0.127 e. The number of rotatable bonds is 7. The molecule has 0 fully saturated rings. The lowest BCUT2D eigenvalue weighted by atomic mass is 9.66. The number of unbranched alkanes of at least 4 members (excludes halogenated alkanes) is 3. The number of phenols is 1. The summed E-state index contributed by atoms with van der Waals surface area (Å²) in [5, 5.41) is 11.1. The topological polar surface area (TPSA) is 29.5 Å². The van der Waals surface area contributed by atoms with Crippen LogP contribution in [0.25, 0.3) is 0 Å². The van der Waals surface area contributed by atoms with Gasteiger partial charge in [0.05, 0.1) is 0 Å². The molecule has 2 aliphatic rings. The lowest BCUT2D eigenvalue weighted by Gasteiger charge is -2.47. The van der Waals surface area contributed by atoms with E-state index in [-0.39, 0.29) is 11.0 Å². The van der Waals surface area contributed by atoms with Crippen molar-refractivity contribution in [3.63, 3.8) is 0 Å². The molecular weight excluding hydrogens is 344 g/mol. The Morgan fingerprint density at radius 2 is 1.89 bits per heavy atom. The van der Waals surface area contributed by atoms with Crippen LogP contribution in [0.2, 0.25) is 0 Å². The van der Waals surface area contributed by atoms with E-state index in [1.54, 1.807) is 0 Å². The van der Waals surface area contributed by atoms with E-state index in [9.17, 15) is 5.11 Å². The van der Waals surface area contributed by atoms with Gasteiger partial charge in [0.25, 0.3) is 0 Å². The van der Waals surface area contributed by atoms with E-state index in [4.69, 9.17) is 4.74 Å². The number of benzene rings is 1. The number of hydrogen-bond donors (Lipinski definition) is 1. The zero-order valence-electron chi connectivity index (χ0n) is 18.9. The molecule has 2 nitrogen and oxygen atoms in total. The summed E-state index contributed by atoms with van der Waals surface area (Å²) in [5.41, 5.74) is 3.62. The predicted octanol–water partition coefficient (Wildman–Crippen LogP) is 7.64. The fourth-order valence-electron chi connectivity index (χ4n) is 5.28. The van der Waals surface area contributed by atoms with Gasteiger partial charge in [-0.3, -0.25) is 0 Å². The molecule has 28 heavy (non-hydrogen) atoms. The average molecular weight is 385 g/mol. The maximum Gasteiger partial charge on any atom is 0.127 e. The summed E-state index contributed by atoms with van der Waals surface area (Å²) in [6, 6.07) is 4.26. The summed E-state index contributed by atoms with van der Waals surface area (Å²) in [7, 11) is 0. The zero-order valence-corrected chi connectivity index (χ0v) is 18.9. The lowest BCUT2D eigenvalue weighted by Crippen LogP contribution is -2.45. The van der Waals surface area contributed by atoms with Crippen LogP contribution in [0.1, 0.15) is 110 Å². The molecule has 1 N–H and O–H groups in total. The normalized spacial score (nSPS) is 23.4. The second-order valence-corrected chi connectivity index (χ2v) is 10.2. The monoisotopic (exact) mass is 384 g/mol. The molecule has 0 aromatic heterocycles. The molecule has 0 unspecified atom stereocenters. The number of allylic oxidation sites excluding steroid dienone is 2. The van der Waals surface area contributed by atoms with E-state index in [0.29, 0.717) is 17.6 Å². The maximum atomic E-state index is 11.1. The molecular formula is C26H40O2. The van der Waals surface area contributed by atoms with Gasteiger partial charge in [0, 0.05) is 17.4 Å². The van der Waals surface area contributed by atoms with Crippen molar-refractivity contribution in [3.05, 3.63) is 34.9 Å². The minimum absolute atomic E-state index is 0.0473. The lowest BCUT2D eigenvalue weighted by molar-refractivity contribution is 0.00720. The highest BCUT2D eigenvalue weighted by atomic mass is 16.5. The Morgan fingerprint density at radius 1 is 1.14 bits per heavy atom. The van der Waals surface area contributed by atoms with E-state index >= 15 is 0 Å². The van der Waals surface area contributed by atoms with Crippen molar-refractivity contribution in [2.24, 2.45) is 5.92 Å². The quantitative estimate of drug-likeness (QED) is 0.386. The van der Waals surface area contributed by atoms with E-state index in [1.807, 2.05) is 6.07 Å². The summed E-state index contributed by atoms with van der Waals surface area (Å²) in [4.78, 5) is 0. The summed E-state index contributed by atoms with van der Waals surface area (Å²) in [6.07, 6.45) is 11.8. The Kier molecular flexibility index (Phi) is 6.17. The Labute approximate surface area is 172 Å². The molecule has 2 atom stereocenters. The third kappa shape index (κ3) is 4.11. The molecule has 156 valence electrons. The van der Waals surface area contributed by atoms with Crippen LogP contribution < -0.4 is 4.74 Å². The van der Waals surface area contributed by atoms with Crippen LogP contribution in [0, 0.1) is 5.92 Å². The van der Waals surface area contributed by atoms with Crippen LogP contribution in [0.3, 0.4) is 0 Å². The van der Waals surface area contributed by atoms with Gasteiger partial charge in [-0.1, -0.05) is 65.0 Å². The standard InChI is InChI=1S/C26H40O2/c1-7-9-10-11-14-25(3,4)19-16-22(27)24-20-15-18(8-2)12-13-21(20)26(5,6)28-23(24)17-19/h12,16-17,20-21,27H,7-11,13-15H2,1-6H3/t20-,21-/m0/s1. The first kappa shape index (κ1) is 21.3. The molecule has 1 aromatic rings. The molecule has 0 radical (unpaired) electrons. The molecule has 0 saturated heterocycles. The molecule has 1 aliphatic carbocycles. The van der Waals surface area contributed by atoms with Crippen molar-refractivity contribution in [3.8, 4) is 11.5 Å². The van der Waals surface area contributed by atoms with E-state index in [2.05, 4.69) is 53.7 Å². The van der Waals surface area contributed by atoms with Gasteiger partial charge in [-0.2, -0.15) is 0 Å². The van der Waals surface area contributed by atoms with Gasteiger partial charge in [0.15, 0.2) is 0 Å². The number of phenolic OH excluding ortho intramolecular Hbond substituents is 1. The Morgan fingerprint density at radius 3 is 2.57 bits per heavy atom.